The van der Waals surface area contributed by atoms with Gasteiger partial charge in [-0.05, 0) is 6.42 Å². The lowest BCUT2D eigenvalue weighted by atomic mass is 10.2. The second-order valence-electron chi connectivity index (χ2n) is 4.30. The number of hydrogen-bond donors (Lipinski definition) is 1. The summed E-state index contributed by atoms with van der Waals surface area (Å²) in [7, 11) is -1.37. The van der Waals surface area contributed by atoms with E-state index in [0.717, 1.165) is 0 Å². The molecule has 0 radical (unpaired) electrons. The number of nitrogens with two attached hydrogens (primary N) is 1. The lowest BCUT2D eigenvalue weighted by Crippen LogP contribution is -2.38. The second kappa shape index (κ2) is 4.94. The van der Waals surface area contributed by atoms with Gasteiger partial charge in [-0.15, -0.1) is 11.3 Å². The Balaban J connectivity index is 2.09. The maximum atomic E-state index is 12.1. The highest BCUT2D eigenvalue weighted by Crippen LogP contribution is 2.19. The highest BCUT2D eigenvalue weighted by atomic mass is 32.2. The fourth-order valence-corrected chi connectivity index (χ4v) is 4.35. The quantitative estimate of drug-likeness (QED) is 0.836. The van der Waals surface area contributed by atoms with E-state index in [4.69, 9.17) is 5.73 Å². The summed E-state index contributed by atoms with van der Waals surface area (Å²) in [6, 6.07) is -0.245. The second-order valence-corrected chi connectivity index (χ2v) is 7.47. The molecule has 2 heterocycles. The predicted octanol–water partition coefficient (Wildman–Crippen LogP) is -0.139. The van der Waals surface area contributed by atoms with Gasteiger partial charge in [-0.1, -0.05) is 0 Å². The van der Waals surface area contributed by atoms with E-state index in [1.165, 1.54) is 16.2 Å². The molecule has 2 N–H and O–H groups in total. The molecule has 18 heavy (non-hydrogen) atoms. The molecule has 2 rings (SSSR count). The van der Waals surface area contributed by atoms with E-state index in [2.05, 4.69) is 4.98 Å². The van der Waals surface area contributed by atoms with Crippen LogP contribution in [-0.2, 0) is 16.4 Å². The van der Waals surface area contributed by atoms with Crippen molar-refractivity contribution in [1.29, 1.82) is 0 Å². The molecule has 0 aromatic carbocycles. The van der Waals surface area contributed by atoms with Crippen LogP contribution in [0.15, 0.2) is 5.38 Å². The fraction of sp³-hybridized carbons (Fsp3) is 0.600. The van der Waals surface area contributed by atoms with Crippen molar-refractivity contribution in [3.63, 3.8) is 0 Å². The number of sulfone groups is 1. The number of aromatic nitrogens is 1. The number of nitrogens with zero attached hydrogens (tertiary/aromatic N) is 2. The van der Waals surface area contributed by atoms with Gasteiger partial charge >= 0.3 is 0 Å². The monoisotopic (exact) mass is 289 g/mol. The summed E-state index contributed by atoms with van der Waals surface area (Å²) in [4.78, 5) is 17.7. The van der Waals surface area contributed by atoms with Crippen molar-refractivity contribution in [2.45, 2.75) is 19.0 Å². The Bertz CT molecular complexity index is 552. The maximum absolute atomic E-state index is 12.1. The zero-order chi connectivity index (χ0) is 13.3. The largest absolute Gasteiger partial charge is 0.336 e. The van der Waals surface area contributed by atoms with Gasteiger partial charge in [0.15, 0.2) is 9.84 Å². The first-order valence-electron chi connectivity index (χ1n) is 5.55. The van der Waals surface area contributed by atoms with E-state index in [0.29, 0.717) is 23.7 Å². The first kappa shape index (κ1) is 13.4. The number of hydrogen-bond acceptors (Lipinski definition) is 6. The molecule has 0 spiro atoms. The summed E-state index contributed by atoms with van der Waals surface area (Å²) in [5.41, 5.74) is 5.78. The molecular formula is C10H15N3O3S2. The van der Waals surface area contributed by atoms with Crippen LogP contribution in [0.2, 0.25) is 0 Å². The maximum Gasteiger partial charge on any atom is 0.273 e. The van der Waals surface area contributed by atoms with E-state index in [1.807, 2.05) is 0 Å². The zero-order valence-corrected chi connectivity index (χ0v) is 11.6. The van der Waals surface area contributed by atoms with Crippen LogP contribution in [0, 0.1) is 0 Å². The molecule has 100 valence electrons. The number of rotatable bonds is 3. The van der Waals surface area contributed by atoms with Crippen LogP contribution in [0.1, 0.15) is 21.9 Å². The molecule has 1 aliphatic rings. The van der Waals surface area contributed by atoms with Crippen molar-refractivity contribution < 1.29 is 13.2 Å². The van der Waals surface area contributed by atoms with Gasteiger partial charge in [-0.3, -0.25) is 4.79 Å². The fourth-order valence-electron chi connectivity index (χ4n) is 1.93. The normalized spacial score (nSPS) is 22.0. The van der Waals surface area contributed by atoms with Crippen molar-refractivity contribution in [2.24, 2.45) is 5.73 Å². The number of carbonyl (C=O) groups excluding carboxylic acids is 1. The summed E-state index contributed by atoms with van der Waals surface area (Å²) in [6.45, 7) is 0.305. The van der Waals surface area contributed by atoms with Gasteiger partial charge in [0.25, 0.3) is 5.91 Å². The summed E-state index contributed by atoms with van der Waals surface area (Å²) in [6.07, 6.45) is 0.498. The molecule has 1 amide bonds. The van der Waals surface area contributed by atoms with Crippen molar-refractivity contribution in [2.75, 3.05) is 18.6 Å². The van der Waals surface area contributed by atoms with Crippen LogP contribution in [0.25, 0.3) is 0 Å². The third kappa shape index (κ3) is 2.70. The molecule has 1 atom stereocenters. The van der Waals surface area contributed by atoms with Gasteiger partial charge in [0.2, 0.25) is 0 Å². The summed E-state index contributed by atoms with van der Waals surface area (Å²) < 4.78 is 22.8. The SMILES string of the molecule is CN(C(=O)c1csc(CN)n1)C1CCS(=O)(=O)C1. The molecule has 6 nitrogen and oxygen atoms in total. The Kier molecular flexibility index (Phi) is 3.69. The molecule has 0 saturated carbocycles. The smallest absolute Gasteiger partial charge is 0.273 e. The summed E-state index contributed by atoms with van der Waals surface area (Å²) >= 11 is 1.34. The molecular weight excluding hydrogens is 274 g/mol. The third-order valence-corrected chi connectivity index (χ3v) is 5.64. The van der Waals surface area contributed by atoms with Crippen molar-refractivity contribution in [1.82, 2.24) is 9.88 Å². The Morgan fingerprint density at radius 3 is 2.89 bits per heavy atom. The van der Waals surface area contributed by atoms with E-state index in [1.54, 1.807) is 12.4 Å². The van der Waals surface area contributed by atoms with Crippen molar-refractivity contribution in [3.05, 3.63) is 16.1 Å². The lowest BCUT2D eigenvalue weighted by molar-refractivity contribution is 0.0742. The molecule has 1 unspecified atom stereocenters. The Hall–Kier alpha value is -0.990. The van der Waals surface area contributed by atoms with Crippen LogP contribution < -0.4 is 5.73 Å². The zero-order valence-electron chi connectivity index (χ0n) is 10.00. The molecule has 1 aliphatic heterocycles. The average molecular weight is 289 g/mol. The molecule has 1 saturated heterocycles. The Labute approximate surface area is 110 Å². The van der Waals surface area contributed by atoms with E-state index in [-0.39, 0.29) is 23.5 Å². The summed E-state index contributed by atoms with van der Waals surface area (Å²) in [5, 5.41) is 2.36. The van der Waals surface area contributed by atoms with Crippen LogP contribution in [0.4, 0.5) is 0 Å². The van der Waals surface area contributed by atoms with Crippen LogP contribution in [0.5, 0.6) is 0 Å². The molecule has 1 aromatic rings. The van der Waals surface area contributed by atoms with Gasteiger partial charge in [0.1, 0.15) is 10.7 Å². The lowest BCUT2D eigenvalue weighted by Gasteiger charge is -2.22. The van der Waals surface area contributed by atoms with Gasteiger partial charge in [-0.2, -0.15) is 0 Å². The van der Waals surface area contributed by atoms with Gasteiger partial charge < -0.3 is 10.6 Å². The van der Waals surface area contributed by atoms with E-state index < -0.39 is 9.84 Å². The van der Waals surface area contributed by atoms with E-state index in [9.17, 15) is 13.2 Å². The molecule has 1 fully saturated rings. The number of carbonyl (C=O) groups is 1. The summed E-state index contributed by atoms with van der Waals surface area (Å²) in [5.74, 6) is -0.0446. The Morgan fingerprint density at radius 1 is 1.67 bits per heavy atom. The highest BCUT2D eigenvalue weighted by molar-refractivity contribution is 7.91. The first-order chi connectivity index (χ1) is 8.43. The third-order valence-electron chi connectivity index (χ3n) is 3.02. The minimum Gasteiger partial charge on any atom is -0.336 e. The molecule has 8 heteroatoms. The number of amides is 1. The average Bonchev–Trinajstić information content (AvgIpc) is 2.93. The van der Waals surface area contributed by atoms with Gasteiger partial charge in [0.05, 0.1) is 11.5 Å². The van der Waals surface area contributed by atoms with Gasteiger partial charge in [0, 0.05) is 25.0 Å². The highest BCUT2D eigenvalue weighted by Gasteiger charge is 2.33. The molecule has 1 aromatic heterocycles. The van der Waals surface area contributed by atoms with E-state index >= 15 is 0 Å². The van der Waals surface area contributed by atoms with Gasteiger partial charge in [-0.25, -0.2) is 13.4 Å². The Morgan fingerprint density at radius 2 is 2.39 bits per heavy atom. The standard InChI is InChI=1S/C10H15N3O3S2/c1-13(7-2-3-18(15,16)6-7)10(14)8-5-17-9(4-11)12-8/h5,7H,2-4,6,11H2,1H3. The van der Waals surface area contributed by atoms with Crippen molar-refractivity contribution in [3.8, 4) is 0 Å². The predicted molar refractivity (Wildman–Crippen MR) is 69.2 cm³/mol. The minimum absolute atomic E-state index is 0.0448. The van der Waals surface area contributed by atoms with Crippen LogP contribution >= 0.6 is 11.3 Å². The topological polar surface area (TPSA) is 93.4 Å². The van der Waals surface area contributed by atoms with Crippen molar-refractivity contribution >= 4 is 27.1 Å². The first-order valence-corrected chi connectivity index (χ1v) is 8.25. The molecule has 0 aliphatic carbocycles. The van der Waals surface area contributed by atoms with Crippen LogP contribution in [-0.4, -0.2) is 48.8 Å². The molecule has 0 bridgehead atoms. The van der Waals surface area contributed by atoms with Crippen LogP contribution in [0.3, 0.4) is 0 Å². The minimum atomic E-state index is -2.99. The number of thiazole rings is 1.